The van der Waals surface area contributed by atoms with Gasteiger partial charge in [-0.15, -0.1) is 0 Å². The zero-order valence-corrected chi connectivity index (χ0v) is 10.4. The van der Waals surface area contributed by atoms with Gasteiger partial charge in [-0.25, -0.2) is 8.78 Å². The van der Waals surface area contributed by atoms with Crippen LogP contribution in [0.3, 0.4) is 0 Å². The summed E-state index contributed by atoms with van der Waals surface area (Å²) in [5.74, 6) is -1.97. The lowest BCUT2D eigenvalue weighted by atomic mass is 9.85. The molecule has 0 aromatic heterocycles. The molecule has 0 aliphatic rings. The van der Waals surface area contributed by atoms with Crippen LogP contribution >= 0.6 is 0 Å². The molecule has 0 amide bonds. The van der Waals surface area contributed by atoms with Gasteiger partial charge in [0.25, 0.3) is 0 Å². The van der Waals surface area contributed by atoms with Crippen LogP contribution in [0.15, 0.2) is 12.1 Å². The summed E-state index contributed by atoms with van der Waals surface area (Å²) in [4.78, 5) is 0. The second kappa shape index (κ2) is 4.14. The van der Waals surface area contributed by atoms with Crippen LogP contribution in [0.2, 0.25) is 0 Å². The second-order valence-corrected chi connectivity index (χ2v) is 5.16. The Morgan fingerprint density at radius 1 is 1.12 bits per heavy atom. The molecule has 0 fully saturated rings. The number of nitrogens with one attached hydrogen (secondary N) is 1. The average Bonchev–Trinajstić information content (AvgIpc) is 2.12. The number of rotatable bonds is 3. The first kappa shape index (κ1) is 13.7. The smallest absolute Gasteiger partial charge is 0.161 e. The molecule has 3 nitrogen and oxygen atoms in total. The highest BCUT2D eigenvalue weighted by Crippen LogP contribution is 2.30. The number of anilines is 2. The number of nitrogen functional groups attached to an aromatic ring is 1. The van der Waals surface area contributed by atoms with E-state index in [9.17, 15) is 13.9 Å². The zero-order chi connectivity index (χ0) is 13.4. The topological polar surface area (TPSA) is 58.3 Å². The van der Waals surface area contributed by atoms with Crippen LogP contribution in [0.1, 0.15) is 27.7 Å². The largest absolute Gasteiger partial charge is 0.397 e. The zero-order valence-electron chi connectivity index (χ0n) is 10.4. The minimum absolute atomic E-state index is 0.0984. The molecular formula is C12H18F2N2O. The summed E-state index contributed by atoms with van der Waals surface area (Å²) >= 11 is 0. The standard InChI is InChI=1S/C12H18F2N2O/c1-11(2,12(3,4)17)16-10-6-8(14)7(13)5-9(10)15/h5-6,16-17H,15H2,1-4H3. The van der Waals surface area contributed by atoms with E-state index in [0.717, 1.165) is 12.1 Å². The lowest BCUT2D eigenvalue weighted by Crippen LogP contribution is -2.51. The fourth-order valence-corrected chi connectivity index (χ4v) is 1.16. The van der Waals surface area contributed by atoms with Gasteiger partial charge in [-0.05, 0) is 27.7 Å². The predicted molar refractivity (Wildman–Crippen MR) is 64.8 cm³/mol. The van der Waals surface area contributed by atoms with Crippen LogP contribution in [-0.2, 0) is 0 Å². The Bertz CT molecular complexity index is 425. The number of hydrogen-bond donors (Lipinski definition) is 3. The first-order chi connectivity index (χ1) is 7.54. The molecule has 96 valence electrons. The molecule has 0 atom stereocenters. The molecule has 1 aromatic rings. The van der Waals surface area contributed by atoms with E-state index in [-0.39, 0.29) is 11.4 Å². The number of halogens is 2. The number of benzene rings is 1. The SMILES string of the molecule is CC(C)(O)C(C)(C)Nc1cc(F)c(F)cc1N. The molecule has 0 radical (unpaired) electrons. The molecule has 4 N–H and O–H groups in total. The Kier molecular flexibility index (Phi) is 3.34. The van der Waals surface area contributed by atoms with Crippen molar-refractivity contribution in [2.45, 2.75) is 38.8 Å². The molecule has 0 saturated heterocycles. The van der Waals surface area contributed by atoms with Crippen LogP contribution in [0, 0.1) is 11.6 Å². The maximum atomic E-state index is 13.1. The Morgan fingerprint density at radius 3 is 2.06 bits per heavy atom. The first-order valence-electron chi connectivity index (χ1n) is 5.29. The average molecular weight is 244 g/mol. The van der Waals surface area contributed by atoms with Gasteiger partial charge in [-0.1, -0.05) is 0 Å². The van der Waals surface area contributed by atoms with Crippen molar-refractivity contribution in [3.8, 4) is 0 Å². The minimum atomic E-state index is -1.05. The van der Waals surface area contributed by atoms with Gasteiger partial charge in [0, 0.05) is 12.1 Å². The molecule has 1 rings (SSSR count). The summed E-state index contributed by atoms with van der Waals surface area (Å²) in [7, 11) is 0. The normalized spacial score (nSPS) is 12.6. The Morgan fingerprint density at radius 2 is 1.59 bits per heavy atom. The van der Waals surface area contributed by atoms with Crippen LogP contribution in [0.5, 0.6) is 0 Å². The van der Waals surface area contributed by atoms with Gasteiger partial charge in [0.2, 0.25) is 0 Å². The third-order valence-electron chi connectivity index (χ3n) is 3.07. The lowest BCUT2D eigenvalue weighted by molar-refractivity contribution is 0.0240. The van der Waals surface area contributed by atoms with Crippen molar-refractivity contribution in [3.05, 3.63) is 23.8 Å². The van der Waals surface area contributed by atoms with E-state index in [1.165, 1.54) is 0 Å². The van der Waals surface area contributed by atoms with Crippen LogP contribution in [0.25, 0.3) is 0 Å². The van der Waals surface area contributed by atoms with Gasteiger partial charge in [0.05, 0.1) is 22.5 Å². The van der Waals surface area contributed by atoms with E-state index in [2.05, 4.69) is 5.32 Å². The van der Waals surface area contributed by atoms with Crippen molar-refractivity contribution in [3.63, 3.8) is 0 Å². The van der Waals surface area contributed by atoms with Crippen LogP contribution in [-0.4, -0.2) is 16.2 Å². The van der Waals surface area contributed by atoms with Crippen LogP contribution in [0.4, 0.5) is 20.2 Å². The summed E-state index contributed by atoms with van der Waals surface area (Å²) in [5, 5.41) is 12.9. The molecule has 0 bridgehead atoms. The lowest BCUT2D eigenvalue weighted by Gasteiger charge is -2.39. The Hall–Kier alpha value is -1.36. The predicted octanol–water partition coefficient (Wildman–Crippen LogP) is 2.51. The van der Waals surface area contributed by atoms with Gasteiger partial charge in [-0.2, -0.15) is 0 Å². The van der Waals surface area contributed by atoms with Crippen molar-refractivity contribution >= 4 is 11.4 Å². The van der Waals surface area contributed by atoms with Gasteiger partial charge in [0.15, 0.2) is 11.6 Å². The highest BCUT2D eigenvalue weighted by Gasteiger charge is 2.35. The molecule has 0 saturated carbocycles. The Labute approximate surface area is 99.6 Å². The maximum absolute atomic E-state index is 13.1. The molecule has 0 heterocycles. The fraction of sp³-hybridized carbons (Fsp3) is 0.500. The first-order valence-corrected chi connectivity index (χ1v) is 5.29. The maximum Gasteiger partial charge on any atom is 0.161 e. The van der Waals surface area contributed by atoms with E-state index < -0.39 is 22.8 Å². The summed E-state index contributed by atoms with van der Waals surface area (Å²) in [5.41, 5.74) is 4.15. The molecular weight excluding hydrogens is 226 g/mol. The molecule has 17 heavy (non-hydrogen) atoms. The van der Waals surface area contributed by atoms with Gasteiger partial charge in [0.1, 0.15) is 0 Å². The van der Waals surface area contributed by atoms with E-state index in [1.54, 1.807) is 27.7 Å². The molecule has 0 spiro atoms. The summed E-state index contributed by atoms with van der Waals surface area (Å²) in [6, 6.07) is 1.90. The third kappa shape index (κ3) is 2.85. The summed E-state index contributed by atoms with van der Waals surface area (Å²) in [6.45, 7) is 6.73. The van der Waals surface area contributed by atoms with Crippen molar-refractivity contribution in [1.82, 2.24) is 0 Å². The second-order valence-electron chi connectivity index (χ2n) is 5.16. The van der Waals surface area contributed by atoms with E-state index in [1.807, 2.05) is 0 Å². The molecule has 0 unspecified atom stereocenters. The highest BCUT2D eigenvalue weighted by atomic mass is 19.2. The van der Waals surface area contributed by atoms with Crippen molar-refractivity contribution < 1.29 is 13.9 Å². The molecule has 0 aliphatic carbocycles. The summed E-state index contributed by atoms with van der Waals surface area (Å²) < 4.78 is 26.0. The number of nitrogens with two attached hydrogens (primary N) is 1. The van der Waals surface area contributed by atoms with Crippen molar-refractivity contribution in [2.75, 3.05) is 11.1 Å². The summed E-state index contributed by atoms with van der Waals surface area (Å²) in [6.07, 6.45) is 0. The third-order valence-corrected chi connectivity index (χ3v) is 3.07. The van der Waals surface area contributed by atoms with Crippen molar-refractivity contribution in [1.29, 1.82) is 0 Å². The number of hydrogen-bond acceptors (Lipinski definition) is 3. The minimum Gasteiger partial charge on any atom is -0.397 e. The van der Waals surface area contributed by atoms with Crippen molar-refractivity contribution in [2.24, 2.45) is 0 Å². The monoisotopic (exact) mass is 244 g/mol. The fourth-order valence-electron chi connectivity index (χ4n) is 1.16. The van der Waals surface area contributed by atoms with E-state index in [4.69, 9.17) is 5.73 Å². The quantitative estimate of drug-likeness (QED) is 0.716. The van der Waals surface area contributed by atoms with Crippen LogP contribution < -0.4 is 11.1 Å². The highest BCUT2D eigenvalue weighted by molar-refractivity contribution is 5.67. The number of aliphatic hydroxyl groups is 1. The van der Waals surface area contributed by atoms with E-state index >= 15 is 0 Å². The van der Waals surface area contributed by atoms with Gasteiger partial charge < -0.3 is 16.2 Å². The molecule has 5 heteroatoms. The Balaban J connectivity index is 3.08. The molecule has 0 aliphatic heterocycles. The van der Waals surface area contributed by atoms with Gasteiger partial charge >= 0.3 is 0 Å². The molecule has 1 aromatic carbocycles. The van der Waals surface area contributed by atoms with E-state index in [0.29, 0.717) is 0 Å². The van der Waals surface area contributed by atoms with Gasteiger partial charge in [-0.3, -0.25) is 0 Å².